The number of ether oxygens (including phenoxy) is 1. The van der Waals surface area contributed by atoms with Gasteiger partial charge < -0.3 is 9.64 Å². The number of rotatable bonds is 7. The Morgan fingerprint density at radius 3 is 2.55 bits per heavy atom. The van der Waals surface area contributed by atoms with Crippen LogP contribution in [0.3, 0.4) is 0 Å². The van der Waals surface area contributed by atoms with Gasteiger partial charge in [-0.05, 0) is 31.0 Å². The second-order valence-corrected chi connectivity index (χ2v) is 7.80. The van der Waals surface area contributed by atoms with Crippen LogP contribution in [0.4, 0.5) is 0 Å². The minimum Gasteiger partial charge on any atom is -0.384 e. The molecule has 1 heterocycles. The lowest BCUT2D eigenvalue weighted by Gasteiger charge is -2.33. The Hall–Kier alpha value is -0.850. The fourth-order valence-corrected chi connectivity index (χ4v) is 3.45. The van der Waals surface area contributed by atoms with Gasteiger partial charge in [-0.25, -0.2) is 0 Å². The number of methoxy groups -OCH3 is 1. The van der Waals surface area contributed by atoms with Gasteiger partial charge in [-0.2, -0.15) is 8.42 Å². The number of nitrogens with zero attached hydrogens (tertiary/aromatic N) is 1. The zero-order valence-electron chi connectivity index (χ0n) is 12.6. The van der Waals surface area contributed by atoms with Crippen LogP contribution in [0.1, 0.15) is 27.2 Å². The Morgan fingerprint density at radius 2 is 2.05 bits per heavy atom. The SMILES string of the molecule is COCC(C)(C)CC(CN1C=CC=CC1C)S(=O)(=O)O. The number of allylic oxidation sites excluding steroid dienone is 2. The molecule has 1 aliphatic heterocycles. The first-order valence-corrected chi connectivity index (χ1v) is 8.22. The molecule has 1 rings (SSSR count). The molecule has 0 amide bonds. The average Bonchev–Trinajstić information content (AvgIpc) is 2.29. The molecular formula is C14H25NO4S. The van der Waals surface area contributed by atoms with Crippen LogP contribution in [-0.4, -0.2) is 49.4 Å². The van der Waals surface area contributed by atoms with E-state index in [9.17, 15) is 13.0 Å². The van der Waals surface area contributed by atoms with Crippen LogP contribution in [0.25, 0.3) is 0 Å². The van der Waals surface area contributed by atoms with Crippen LogP contribution in [0.5, 0.6) is 0 Å². The molecule has 0 radical (unpaired) electrons. The van der Waals surface area contributed by atoms with Crippen molar-refractivity contribution in [3.05, 3.63) is 24.4 Å². The number of hydrogen-bond donors (Lipinski definition) is 1. The van der Waals surface area contributed by atoms with Crippen molar-refractivity contribution in [3.63, 3.8) is 0 Å². The molecule has 0 aliphatic carbocycles. The van der Waals surface area contributed by atoms with Crippen molar-refractivity contribution in [2.45, 2.75) is 38.5 Å². The third kappa shape index (κ3) is 5.26. The second kappa shape index (κ2) is 6.74. The van der Waals surface area contributed by atoms with E-state index in [0.717, 1.165) is 0 Å². The molecule has 2 unspecified atom stereocenters. The summed E-state index contributed by atoms with van der Waals surface area (Å²) in [6.45, 7) is 6.58. The van der Waals surface area contributed by atoms with Crippen molar-refractivity contribution in [2.75, 3.05) is 20.3 Å². The molecule has 5 nitrogen and oxygen atoms in total. The maximum atomic E-state index is 11.6. The molecule has 0 aromatic rings. The topological polar surface area (TPSA) is 66.8 Å². The van der Waals surface area contributed by atoms with Gasteiger partial charge in [0.25, 0.3) is 10.1 Å². The highest BCUT2D eigenvalue weighted by molar-refractivity contribution is 7.86. The van der Waals surface area contributed by atoms with E-state index in [1.807, 2.05) is 50.1 Å². The van der Waals surface area contributed by atoms with Crippen molar-refractivity contribution in [2.24, 2.45) is 5.41 Å². The van der Waals surface area contributed by atoms with Gasteiger partial charge in [0.05, 0.1) is 6.61 Å². The van der Waals surface area contributed by atoms with Gasteiger partial charge >= 0.3 is 0 Å². The molecule has 0 aromatic carbocycles. The van der Waals surface area contributed by atoms with Crippen molar-refractivity contribution < 1.29 is 17.7 Å². The van der Waals surface area contributed by atoms with Crippen LogP contribution in [0, 0.1) is 5.41 Å². The molecule has 116 valence electrons. The first-order chi connectivity index (χ1) is 9.15. The van der Waals surface area contributed by atoms with E-state index in [1.54, 1.807) is 7.11 Å². The summed E-state index contributed by atoms with van der Waals surface area (Å²) >= 11 is 0. The van der Waals surface area contributed by atoms with E-state index in [4.69, 9.17) is 4.74 Å². The fraction of sp³-hybridized carbons (Fsp3) is 0.714. The Labute approximate surface area is 122 Å². The Kier molecular flexibility index (Phi) is 5.79. The van der Waals surface area contributed by atoms with E-state index < -0.39 is 15.4 Å². The molecule has 0 bridgehead atoms. The van der Waals surface area contributed by atoms with Gasteiger partial charge in [0.1, 0.15) is 5.25 Å². The first-order valence-electron chi connectivity index (χ1n) is 6.72. The zero-order valence-corrected chi connectivity index (χ0v) is 13.4. The van der Waals surface area contributed by atoms with Gasteiger partial charge in [-0.15, -0.1) is 0 Å². The normalized spacial score (nSPS) is 21.2. The first kappa shape index (κ1) is 17.2. The minimum atomic E-state index is -4.09. The molecule has 1 N–H and O–H groups in total. The van der Waals surface area contributed by atoms with E-state index in [-0.39, 0.29) is 18.0 Å². The lowest BCUT2D eigenvalue weighted by atomic mass is 9.88. The quantitative estimate of drug-likeness (QED) is 0.729. The Morgan fingerprint density at radius 1 is 1.40 bits per heavy atom. The van der Waals surface area contributed by atoms with Gasteiger partial charge in [0, 0.05) is 19.7 Å². The van der Waals surface area contributed by atoms with Crippen molar-refractivity contribution >= 4 is 10.1 Å². The summed E-state index contributed by atoms with van der Waals surface area (Å²) in [4.78, 5) is 1.92. The summed E-state index contributed by atoms with van der Waals surface area (Å²) in [7, 11) is -2.51. The number of hydrogen-bond acceptors (Lipinski definition) is 4. The monoisotopic (exact) mass is 303 g/mol. The standard InChI is InChI=1S/C14H25NO4S/c1-12-7-5-6-8-15(12)10-13(20(16,17)18)9-14(2,3)11-19-4/h5-8,12-13H,9-11H2,1-4H3,(H,16,17,18). The smallest absolute Gasteiger partial charge is 0.269 e. The van der Waals surface area contributed by atoms with E-state index in [2.05, 4.69) is 0 Å². The predicted molar refractivity (Wildman–Crippen MR) is 80.1 cm³/mol. The van der Waals surface area contributed by atoms with Crippen LogP contribution >= 0.6 is 0 Å². The molecule has 2 atom stereocenters. The highest BCUT2D eigenvalue weighted by atomic mass is 32.2. The molecule has 20 heavy (non-hydrogen) atoms. The van der Waals surface area contributed by atoms with Crippen molar-refractivity contribution in [3.8, 4) is 0 Å². The third-order valence-corrected chi connectivity index (χ3v) is 4.61. The summed E-state index contributed by atoms with van der Waals surface area (Å²) in [5, 5.41) is -0.828. The zero-order chi connectivity index (χ0) is 15.4. The summed E-state index contributed by atoms with van der Waals surface area (Å²) in [6, 6.07) is 0.120. The summed E-state index contributed by atoms with van der Waals surface area (Å²) in [5.41, 5.74) is -0.312. The molecule has 0 fully saturated rings. The lowest BCUT2D eigenvalue weighted by molar-refractivity contribution is 0.0945. The average molecular weight is 303 g/mol. The van der Waals surface area contributed by atoms with Crippen LogP contribution in [-0.2, 0) is 14.9 Å². The second-order valence-electron chi connectivity index (χ2n) is 6.10. The lowest BCUT2D eigenvalue weighted by Crippen LogP contribution is -2.41. The summed E-state index contributed by atoms with van der Waals surface area (Å²) in [5.74, 6) is 0. The molecule has 0 aromatic heterocycles. The van der Waals surface area contributed by atoms with Gasteiger partial charge in [-0.1, -0.05) is 26.0 Å². The maximum absolute atomic E-state index is 11.6. The highest BCUT2D eigenvalue weighted by Crippen LogP contribution is 2.27. The van der Waals surface area contributed by atoms with E-state index in [1.165, 1.54) is 0 Å². The fourth-order valence-electron chi connectivity index (χ4n) is 2.42. The third-order valence-electron chi connectivity index (χ3n) is 3.45. The minimum absolute atomic E-state index is 0.120. The van der Waals surface area contributed by atoms with Crippen LogP contribution < -0.4 is 0 Å². The van der Waals surface area contributed by atoms with Gasteiger partial charge in [0.15, 0.2) is 0 Å². The van der Waals surface area contributed by atoms with Crippen molar-refractivity contribution in [1.82, 2.24) is 4.90 Å². The Balaban J connectivity index is 2.81. The van der Waals surface area contributed by atoms with Gasteiger partial charge in [-0.3, -0.25) is 4.55 Å². The molecule has 0 saturated carbocycles. The van der Waals surface area contributed by atoms with Crippen LogP contribution in [0.2, 0.25) is 0 Å². The van der Waals surface area contributed by atoms with Crippen molar-refractivity contribution in [1.29, 1.82) is 0 Å². The van der Waals surface area contributed by atoms with Gasteiger partial charge in [0.2, 0.25) is 0 Å². The molecule has 1 aliphatic rings. The predicted octanol–water partition coefficient (Wildman–Crippen LogP) is 2.08. The summed E-state index contributed by atoms with van der Waals surface area (Å²) in [6.07, 6.45) is 7.98. The molecule has 6 heteroatoms. The van der Waals surface area contributed by atoms with E-state index in [0.29, 0.717) is 13.0 Å². The maximum Gasteiger partial charge on any atom is 0.269 e. The summed E-state index contributed by atoms with van der Waals surface area (Å²) < 4.78 is 37.9. The molecule has 0 saturated heterocycles. The van der Waals surface area contributed by atoms with Crippen LogP contribution in [0.15, 0.2) is 24.4 Å². The van der Waals surface area contributed by atoms with E-state index >= 15 is 0 Å². The molecular weight excluding hydrogens is 278 g/mol. The molecule has 0 spiro atoms. The largest absolute Gasteiger partial charge is 0.384 e. The highest BCUT2D eigenvalue weighted by Gasteiger charge is 2.33. The Bertz CT molecular complexity index is 468.